The van der Waals surface area contributed by atoms with Crippen molar-refractivity contribution in [2.75, 3.05) is 19.3 Å². The molecule has 1 saturated carbocycles. The molecule has 0 spiro atoms. The molecule has 0 aliphatic heterocycles. The van der Waals surface area contributed by atoms with E-state index in [4.69, 9.17) is 5.73 Å². The van der Waals surface area contributed by atoms with Gasteiger partial charge in [-0.05, 0) is 30.9 Å². The van der Waals surface area contributed by atoms with Crippen molar-refractivity contribution in [3.63, 3.8) is 0 Å². The number of hydrogen-bond donors (Lipinski definition) is 2. The lowest BCUT2D eigenvalue weighted by molar-refractivity contribution is 0.0367. The maximum atomic E-state index is 13.7. The molecule has 0 saturated heterocycles. The molecule has 112 valence electrons. The molecule has 5 nitrogen and oxygen atoms in total. The van der Waals surface area contributed by atoms with Gasteiger partial charge in [0, 0.05) is 19.3 Å². The van der Waals surface area contributed by atoms with E-state index in [0.717, 1.165) is 16.4 Å². The number of aliphatic hydroxyl groups is 1. The molecule has 1 aliphatic carbocycles. The van der Waals surface area contributed by atoms with Crippen LogP contribution in [-0.2, 0) is 10.0 Å². The predicted molar refractivity (Wildman–Crippen MR) is 69.3 cm³/mol. The molecule has 0 unspecified atom stereocenters. The number of nitrogens with two attached hydrogens (primary N) is 1. The average molecular weight is 306 g/mol. The lowest BCUT2D eigenvalue weighted by Gasteiger charge is -2.34. The number of nitrogen functional groups attached to an aromatic ring is 1. The molecule has 1 aromatic carbocycles. The van der Waals surface area contributed by atoms with Crippen molar-refractivity contribution in [2.24, 2.45) is 5.92 Å². The van der Waals surface area contributed by atoms with Gasteiger partial charge < -0.3 is 10.8 Å². The fourth-order valence-electron chi connectivity index (χ4n) is 2.25. The summed E-state index contributed by atoms with van der Waals surface area (Å²) in [5, 5.41) is 9.17. The van der Waals surface area contributed by atoms with Gasteiger partial charge in [-0.15, -0.1) is 0 Å². The topological polar surface area (TPSA) is 83.6 Å². The van der Waals surface area contributed by atoms with Crippen LogP contribution >= 0.6 is 0 Å². The number of anilines is 1. The number of aliphatic hydroxyl groups excluding tert-OH is 1. The second-order valence-corrected chi connectivity index (χ2v) is 7.10. The van der Waals surface area contributed by atoms with Crippen LogP contribution in [0.2, 0.25) is 0 Å². The molecular weight excluding hydrogens is 290 g/mol. The van der Waals surface area contributed by atoms with Crippen LogP contribution in [0.25, 0.3) is 0 Å². The third-order valence-electron chi connectivity index (χ3n) is 3.43. The molecule has 0 amide bonds. The molecule has 3 N–H and O–H groups in total. The van der Waals surface area contributed by atoms with Crippen LogP contribution in [0.4, 0.5) is 14.5 Å². The highest BCUT2D eigenvalue weighted by Gasteiger charge is 2.33. The molecule has 2 rings (SSSR count). The highest BCUT2D eigenvalue weighted by molar-refractivity contribution is 7.89. The van der Waals surface area contributed by atoms with Gasteiger partial charge in [0.1, 0.15) is 4.90 Å². The highest BCUT2D eigenvalue weighted by Crippen LogP contribution is 2.30. The molecule has 1 fully saturated rings. The Morgan fingerprint density at radius 1 is 1.40 bits per heavy atom. The smallest absolute Gasteiger partial charge is 0.245 e. The summed E-state index contributed by atoms with van der Waals surface area (Å²) in [7, 11) is -2.85. The van der Waals surface area contributed by atoms with Crippen LogP contribution in [-0.4, -0.2) is 37.5 Å². The Hall–Kier alpha value is -1.25. The first kappa shape index (κ1) is 15.1. The van der Waals surface area contributed by atoms with Crippen LogP contribution in [0.1, 0.15) is 12.8 Å². The summed E-state index contributed by atoms with van der Waals surface area (Å²) in [5.41, 5.74) is 5.20. The lowest BCUT2D eigenvalue weighted by atomic mass is 9.82. The number of nitrogens with zero attached hydrogens (tertiary/aromatic N) is 1. The second-order valence-electron chi connectivity index (χ2n) is 5.09. The molecule has 0 radical (unpaired) electrons. The summed E-state index contributed by atoms with van der Waals surface area (Å²) < 4.78 is 52.3. The van der Waals surface area contributed by atoms with Gasteiger partial charge in [0.05, 0.1) is 6.10 Å². The summed E-state index contributed by atoms with van der Waals surface area (Å²) in [6.45, 7) is 0.148. The van der Waals surface area contributed by atoms with Crippen LogP contribution in [0, 0.1) is 17.6 Å². The maximum absolute atomic E-state index is 13.7. The molecule has 0 aromatic heterocycles. The Morgan fingerprint density at radius 2 is 2.00 bits per heavy atom. The van der Waals surface area contributed by atoms with Gasteiger partial charge in [0.2, 0.25) is 10.0 Å². The fraction of sp³-hybridized carbons (Fsp3) is 0.500. The SMILES string of the molecule is CN(CC1CC(O)C1)S(=O)(=O)c1cc(N)cc(F)c1F. The Labute approximate surface area is 116 Å². The average Bonchev–Trinajstić information content (AvgIpc) is 2.31. The number of benzene rings is 1. The molecule has 1 aromatic rings. The van der Waals surface area contributed by atoms with Gasteiger partial charge in [-0.1, -0.05) is 0 Å². The minimum absolute atomic E-state index is 0.0266. The van der Waals surface area contributed by atoms with Crippen LogP contribution in [0.3, 0.4) is 0 Å². The standard InChI is InChI=1S/C12H16F2N2O3S/c1-16(6-7-2-9(17)3-7)20(18,19)11-5-8(15)4-10(13)12(11)14/h4-5,7,9,17H,2-3,6,15H2,1H3. The van der Waals surface area contributed by atoms with Crippen molar-refractivity contribution in [3.8, 4) is 0 Å². The van der Waals surface area contributed by atoms with Crippen molar-refractivity contribution in [3.05, 3.63) is 23.8 Å². The summed E-state index contributed by atoms with van der Waals surface area (Å²) in [6, 6.07) is 1.64. The largest absolute Gasteiger partial charge is 0.399 e. The predicted octanol–water partition coefficient (Wildman–Crippen LogP) is 0.938. The van der Waals surface area contributed by atoms with E-state index in [1.165, 1.54) is 7.05 Å². The van der Waals surface area contributed by atoms with Crippen molar-refractivity contribution in [1.29, 1.82) is 0 Å². The van der Waals surface area contributed by atoms with E-state index in [2.05, 4.69) is 0 Å². The van der Waals surface area contributed by atoms with E-state index < -0.39 is 32.7 Å². The van der Waals surface area contributed by atoms with E-state index in [1.807, 2.05) is 0 Å². The number of rotatable bonds is 4. The third kappa shape index (κ3) is 2.77. The lowest BCUT2D eigenvalue weighted by Crippen LogP contribution is -2.39. The van der Waals surface area contributed by atoms with Crippen LogP contribution in [0.5, 0.6) is 0 Å². The zero-order chi connectivity index (χ0) is 15.1. The van der Waals surface area contributed by atoms with E-state index >= 15 is 0 Å². The van der Waals surface area contributed by atoms with Gasteiger partial charge in [-0.3, -0.25) is 0 Å². The highest BCUT2D eigenvalue weighted by atomic mass is 32.2. The molecule has 0 heterocycles. The first-order valence-electron chi connectivity index (χ1n) is 6.10. The quantitative estimate of drug-likeness (QED) is 0.811. The Kier molecular flexibility index (Phi) is 3.99. The van der Waals surface area contributed by atoms with E-state index in [9.17, 15) is 22.3 Å². The number of halogens is 2. The van der Waals surface area contributed by atoms with Crippen molar-refractivity contribution < 1.29 is 22.3 Å². The fourth-order valence-corrected chi connectivity index (χ4v) is 3.60. The normalized spacial score (nSPS) is 22.9. The molecular formula is C12H16F2N2O3S. The summed E-state index contributed by atoms with van der Waals surface area (Å²) in [5.74, 6) is -2.70. The van der Waals surface area contributed by atoms with Crippen LogP contribution < -0.4 is 5.73 Å². The Bertz CT molecular complexity index is 615. The van der Waals surface area contributed by atoms with Gasteiger partial charge in [-0.25, -0.2) is 21.5 Å². The molecule has 0 atom stereocenters. The third-order valence-corrected chi connectivity index (χ3v) is 5.25. The maximum Gasteiger partial charge on any atom is 0.245 e. The first-order valence-corrected chi connectivity index (χ1v) is 7.54. The monoisotopic (exact) mass is 306 g/mol. The van der Waals surface area contributed by atoms with Crippen LogP contribution in [0.15, 0.2) is 17.0 Å². The zero-order valence-electron chi connectivity index (χ0n) is 10.9. The molecule has 8 heteroatoms. The summed E-state index contributed by atoms with van der Waals surface area (Å²) >= 11 is 0. The van der Waals surface area contributed by atoms with Gasteiger partial charge in [-0.2, -0.15) is 0 Å². The second kappa shape index (κ2) is 5.27. The van der Waals surface area contributed by atoms with Crippen molar-refractivity contribution >= 4 is 15.7 Å². The minimum Gasteiger partial charge on any atom is -0.399 e. The minimum atomic E-state index is -4.15. The zero-order valence-corrected chi connectivity index (χ0v) is 11.7. The summed E-state index contributed by atoms with van der Waals surface area (Å²) in [4.78, 5) is -0.766. The number of sulfonamides is 1. The first-order chi connectivity index (χ1) is 9.21. The molecule has 1 aliphatic rings. The number of hydrogen-bond acceptors (Lipinski definition) is 4. The summed E-state index contributed by atoms with van der Waals surface area (Å²) in [6.07, 6.45) is 0.610. The van der Waals surface area contributed by atoms with Crippen molar-refractivity contribution in [1.82, 2.24) is 4.31 Å². The van der Waals surface area contributed by atoms with Gasteiger partial charge in [0.25, 0.3) is 0 Å². The molecule has 0 bridgehead atoms. The Balaban J connectivity index is 2.25. The molecule has 20 heavy (non-hydrogen) atoms. The Morgan fingerprint density at radius 3 is 2.55 bits per heavy atom. The van der Waals surface area contributed by atoms with Crippen molar-refractivity contribution in [2.45, 2.75) is 23.8 Å². The van der Waals surface area contributed by atoms with E-state index in [1.54, 1.807) is 0 Å². The van der Waals surface area contributed by atoms with E-state index in [0.29, 0.717) is 12.8 Å². The van der Waals surface area contributed by atoms with Gasteiger partial charge >= 0.3 is 0 Å². The van der Waals surface area contributed by atoms with E-state index in [-0.39, 0.29) is 18.2 Å². The van der Waals surface area contributed by atoms with Gasteiger partial charge in [0.15, 0.2) is 11.6 Å².